The molecule has 0 radical (unpaired) electrons. The molecular weight excluding hydrogens is 302 g/mol. The van der Waals surface area contributed by atoms with Crippen LogP contribution >= 0.6 is 11.8 Å². The smallest absolute Gasteiger partial charge is 0.318 e. The highest BCUT2D eigenvalue weighted by Gasteiger charge is 2.19. The maximum atomic E-state index is 12.5. The van der Waals surface area contributed by atoms with E-state index in [1.165, 1.54) is 23.4 Å². The van der Waals surface area contributed by atoms with Gasteiger partial charge >= 0.3 is 5.97 Å². The summed E-state index contributed by atoms with van der Waals surface area (Å²) in [6.07, 6.45) is 0. The van der Waals surface area contributed by atoms with Gasteiger partial charge in [0.05, 0.1) is 7.11 Å². The van der Waals surface area contributed by atoms with Gasteiger partial charge in [-0.2, -0.15) is 0 Å². The summed E-state index contributed by atoms with van der Waals surface area (Å²) in [5.41, 5.74) is 1.79. The van der Waals surface area contributed by atoms with Crippen molar-refractivity contribution < 1.29 is 9.53 Å². The van der Waals surface area contributed by atoms with E-state index in [0.29, 0.717) is 16.2 Å². The number of methoxy groups -OCH3 is 1. The number of hydrogen-bond donors (Lipinski definition) is 1. The van der Waals surface area contributed by atoms with Crippen molar-refractivity contribution in [3.05, 3.63) is 34.6 Å². The van der Waals surface area contributed by atoms with E-state index < -0.39 is 5.25 Å². The molecule has 0 aliphatic rings. The van der Waals surface area contributed by atoms with Crippen molar-refractivity contribution in [2.75, 3.05) is 7.11 Å². The lowest BCUT2D eigenvalue weighted by molar-refractivity contribution is -0.139. The molecule has 0 bridgehead atoms. The third kappa shape index (κ3) is 2.27. The Bertz CT molecular complexity index is 929. The number of rotatable bonds is 3. The summed E-state index contributed by atoms with van der Waals surface area (Å²) in [5, 5.41) is 0.939. The molecule has 3 rings (SSSR count). The number of para-hydroxylation sites is 1. The van der Waals surface area contributed by atoms with E-state index in [1.54, 1.807) is 14.0 Å². The fourth-order valence-electron chi connectivity index (χ4n) is 2.30. The highest BCUT2D eigenvalue weighted by Crippen LogP contribution is 2.26. The van der Waals surface area contributed by atoms with Crippen molar-refractivity contribution >= 4 is 39.7 Å². The van der Waals surface area contributed by atoms with Crippen LogP contribution in [0.15, 0.2) is 34.2 Å². The van der Waals surface area contributed by atoms with Gasteiger partial charge in [0.2, 0.25) is 0 Å². The van der Waals surface area contributed by atoms with Gasteiger partial charge in [-0.25, -0.2) is 4.98 Å². The molecule has 1 N–H and O–H groups in total. The molecule has 1 aromatic carbocycles. The molecule has 0 amide bonds. The van der Waals surface area contributed by atoms with Gasteiger partial charge in [-0.05, 0) is 13.0 Å². The summed E-state index contributed by atoms with van der Waals surface area (Å²) < 4.78 is 6.16. The Morgan fingerprint density at radius 3 is 2.86 bits per heavy atom. The van der Waals surface area contributed by atoms with Gasteiger partial charge in [0.1, 0.15) is 16.3 Å². The molecule has 114 valence electrons. The monoisotopic (exact) mass is 317 g/mol. The average molecular weight is 317 g/mol. The number of nitrogens with one attached hydrogen (secondary N) is 1. The zero-order chi connectivity index (χ0) is 15.9. The molecule has 7 heteroatoms. The average Bonchev–Trinajstić information content (AvgIpc) is 2.90. The van der Waals surface area contributed by atoms with Gasteiger partial charge in [-0.1, -0.05) is 30.0 Å². The van der Waals surface area contributed by atoms with Gasteiger partial charge in [-0.15, -0.1) is 0 Å². The maximum absolute atomic E-state index is 12.5. The molecule has 0 aliphatic carbocycles. The second-order valence-electron chi connectivity index (χ2n) is 4.94. The minimum absolute atomic E-state index is 0.166. The van der Waals surface area contributed by atoms with E-state index in [2.05, 4.69) is 9.97 Å². The summed E-state index contributed by atoms with van der Waals surface area (Å²) >= 11 is 1.21. The second-order valence-corrected chi connectivity index (χ2v) is 6.24. The quantitative estimate of drug-likeness (QED) is 0.454. The van der Waals surface area contributed by atoms with Crippen molar-refractivity contribution in [3.63, 3.8) is 0 Å². The molecule has 0 aliphatic heterocycles. The first-order valence-corrected chi connectivity index (χ1v) is 7.63. The number of nitrogens with zero attached hydrogens (tertiary/aromatic N) is 2. The van der Waals surface area contributed by atoms with E-state index in [0.717, 1.165) is 10.9 Å². The van der Waals surface area contributed by atoms with Gasteiger partial charge in [-0.3, -0.25) is 14.2 Å². The number of thioether (sulfide) groups is 1. The van der Waals surface area contributed by atoms with Gasteiger partial charge in [0.15, 0.2) is 5.16 Å². The summed E-state index contributed by atoms with van der Waals surface area (Å²) in [7, 11) is 2.99. The van der Waals surface area contributed by atoms with E-state index in [-0.39, 0.29) is 11.5 Å². The van der Waals surface area contributed by atoms with Crippen molar-refractivity contribution in [2.24, 2.45) is 7.05 Å². The first kappa shape index (κ1) is 14.6. The summed E-state index contributed by atoms with van der Waals surface area (Å²) in [5.74, 6) is -0.349. The van der Waals surface area contributed by atoms with Crippen LogP contribution in [-0.4, -0.2) is 32.9 Å². The number of carbonyl (C=O) groups excluding carboxylic acids is 1. The van der Waals surface area contributed by atoms with Crippen molar-refractivity contribution in [1.82, 2.24) is 14.5 Å². The molecule has 3 aromatic rings. The number of ether oxygens (including phenoxy) is 1. The Hall–Kier alpha value is -2.28. The summed E-state index contributed by atoms with van der Waals surface area (Å²) in [6, 6.07) is 7.62. The van der Waals surface area contributed by atoms with Crippen molar-refractivity contribution in [2.45, 2.75) is 17.3 Å². The maximum Gasteiger partial charge on any atom is 0.318 e. The molecule has 6 nitrogen and oxygen atoms in total. The standard InChI is InChI=1S/C15H15N3O3S/c1-8(14(20)21-3)22-15-17-11-9-6-4-5-7-10(9)16-12(11)13(19)18(15)2/h4-8,16H,1-3H3/t8-/m0/s1. The molecule has 22 heavy (non-hydrogen) atoms. The molecule has 0 fully saturated rings. The van der Waals surface area contributed by atoms with E-state index in [9.17, 15) is 9.59 Å². The summed E-state index contributed by atoms with van der Waals surface area (Å²) in [6.45, 7) is 1.72. The first-order valence-electron chi connectivity index (χ1n) is 6.75. The third-order valence-electron chi connectivity index (χ3n) is 3.51. The van der Waals surface area contributed by atoms with Crippen molar-refractivity contribution in [3.8, 4) is 0 Å². The molecule has 2 heterocycles. The number of fused-ring (bicyclic) bond motifs is 3. The number of carbonyl (C=O) groups is 1. The largest absolute Gasteiger partial charge is 0.468 e. The minimum Gasteiger partial charge on any atom is -0.468 e. The number of hydrogen-bond acceptors (Lipinski definition) is 5. The Labute approximate surface area is 130 Å². The molecule has 0 unspecified atom stereocenters. The molecule has 0 saturated heterocycles. The Balaban J connectivity index is 2.19. The van der Waals surface area contributed by atoms with Crippen molar-refractivity contribution in [1.29, 1.82) is 0 Å². The third-order valence-corrected chi connectivity index (χ3v) is 4.63. The Morgan fingerprint density at radius 1 is 1.41 bits per heavy atom. The van der Waals surface area contributed by atoms with E-state index in [4.69, 9.17) is 4.74 Å². The van der Waals surface area contributed by atoms with E-state index >= 15 is 0 Å². The van der Waals surface area contributed by atoms with Crippen LogP contribution in [0.3, 0.4) is 0 Å². The fourth-order valence-corrected chi connectivity index (χ4v) is 3.19. The highest BCUT2D eigenvalue weighted by atomic mass is 32.2. The Kier molecular flexibility index (Phi) is 3.66. The van der Waals surface area contributed by atoms with E-state index in [1.807, 2.05) is 24.3 Å². The van der Waals surface area contributed by atoms with Gasteiger partial charge < -0.3 is 9.72 Å². The first-order chi connectivity index (χ1) is 10.5. The number of aromatic nitrogens is 3. The Morgan fingerprint density at radius 2 is 2.14 bits per heavy atom. The molecule has 1 atom stereocenters. The van der Waals surface area contributed by atoms with Crippen LogP contribution in [-0.2, 0) is 16.6 Å². The van der Waals surface area contributed by atoms with Crippen LogP contribution in [0, 0.1) is 0 Å². The van der Waals surface area contributed by atoms with Crippen LogP contribution in [0.4, 0.5) is 0 Å². The molecule has 0 spiro atoms. The lowest BCUT2D eigenvalue weighted by atomic mass is 10.2. The predicted octanol–water partition coefficient (Wildman–Crippen LogP) is 2.07. The highest BCUT2D eigenvalue weighted by molar-refractivity contribution is 8.00. The SMILES string of the molecule is COC(=O)[C@H](C)Sc1nc2c([nH]c3ccccc32)c(=O)n1C. The number of esters is 1. The lowest BCUT2D eigenvalue weighted by Gasteiger charge is -2.11. The zero-order valence-corrected chi connectivity index (χ0v) is 13.2. The number of benzene rings is 1. The number of H-pyrrole nitrogens is 1. The van der Waals surface area contributed by atoms with Crippen LogP contribution in [0.2, 0.25) is 0 Å². The van der Waals surface area contributed by atoms with Crippen LogP contribution in [0.1, 0.15) is 6.92 Å². The van der Waals surface area contributed by atoms with Crippen LogP contribution in [0.5, 0.6) is 0 Å². The fraction of sp³-hybridized carbons (Fsp3) is 0.267. The molecule has 0 saturated carbocycles. The zero-order valence-electron chi connectivity index (χ0n) is 12.4. The van der Waals surface area contributed by atoms with Gasteiger partial charge in [0, 0.05) is 18.0 Å². The minimum atomic E-state index is -0.439. The van der Waals surface area contributed by atoms with Gasteiger partial charge in [0.25, 0.3) is 5.56 Å². The molecular formula is C15H15N3O3S. The molecule has 2 aromatic heterocycles. The second kappa shape index (κ2) is 5.49. The topological polar surface area (TPSA) is 77.0 Å². The lowest BCUT2D eigenvalue weighted by Crippen LogP contribution is -2.22. The predicted molar refractivity (Wildman–Crippen MR) is 86.2 cm³/mol. The van der Waals surface area contributed by atoms with Crippen LogP contribution in [0.25, 0.3) is 21.9 Å². The van der Waals surface area contributed by atoms with Crippen LogP contribution < -0.4 is 5.56 Å². The number of aromatic amines is 1. The summed E-state index contributed by atoms with van der Waals surface area (Å²) in [4.78, 5) is 31.7. The normalized spacial score (nSPS) is 12.7.